The molecule has 0 aliphatic carbocycles. The number of likely N-dealkylation sites (tertiary alicyclic amines) is 1. The summed E-state index contributed by atoms with van der Waals surface area (Å²) in [6.45, 7) is 9.45. The molecule has 1 aromatic carbocycles. The van der Waals surface area contributed by atoms with Crippen molar-refractivity contribution in [2.24, 2.45) is 5.92 Å². The van der Waals surface area contributed by atoms with E-state index in [-0.39, 0.29) is 0 Å². The van der Waals surface area contributed by atoms with Gasteiger partial charge < -0.3 is 14.2 Å². The van der Waals surface area contributed by atoms with Crippen molar-refractivity contribution in [2.75, 3.05) is 53.6 Å². The maximum absolute atomic E-state index is 5.48. The molecule has 2 saturated heterocycles. The van der Waals surface area contributed by atoms with Gasteiger partial charge in [0.1, 0.15) is 11.5 Å². The third-order valence-corrected chi connectivity index (χ3v) is 4.98. The van der Waals surface area contributed by atoms with Crippen LogP contribution < -0.4 is 9.47 Å². The van der Waals surface area contributed by atoms with Gasteiger partial charge in [-0.05, 0) is 23.6 Å². The molecule has 5 heteroatoms. The largest absolute Gasteiger partial charge is 0.497 e. The summed E-state index contributed by atoms with van der Waals surface area (Å²) >= 11 is 0. The van der Waals surface area contributed by atoms with Gasteiger partial charge in [0.2, 0.25) is 0 Å². The van der Waals surface area contributed by atoms with E-state index in [0.29, 0.717) is 12.0 Å². The van der Waals surface area contributed by atoms with Crippen molar-refractivity contribution in [3.05, 3.63) is 23.8 Å². The van der Waals surface area contributed by atoms with Crippen LogP contribution in [0.3, 0.4) is 0 Å². The number of ether oxygens (including phenoxy) is 3. The standard InChI is InChI=1S/C18H28N2O3/c1-14-11-19(13-18(14)20-4-6-23-7-5-20)12-15-8-16(21-2)10-17(9-15)22-3/h8-10,14,18H,4-7,11-13H2,1-3H3/t14-,18+/m1/s1. The predicted molar refractivity (Wildman–Crippen MR) is 90.2 cm³/mol. The van der Waals surface area contributed by atoms with Crippen molar-refractivity contribution >= 4 is 0 Å². The summed E-state index contributed by atoms with van der Waals surface area (Å²) in [7, 11) is 3.40. The molecule has 2 atom stereocenters. The molecule has 2 aliphatic rings. The average molecular weight is 320 g/mol. The fourth-order valence-electron chi connectivity index (χ4n) is 3.78. The molecule has 2 fully saturated rings. The highest BCUT2D eigenvalue weighted by Crippen LogP contribution is 2.27. The van der Waals surface area contributed by atoms with Crippen molar-refractivity contribution in [2.45, 2.75) is 19.5 Å². The van der Waals surface area contributed by atoms with Gasteiger partial charge in [-0.1, -0.05) is 6.92 Å². The first kappa shape index (κ1) is 16.6. The highest BCUT2D eigenvalue weighted by molar-refractivity contribution is 5.38. The third kappa shape index (κ3) is 3.97. The van der Waals surface area contributed by atoms with Crippen LogP contribution in [-0.2, 0) is 11.3 Å². The van der Waals surface area contributed by atoms with Crippen LogP contribution in [0.15, 0.2) is 18.2 Å². The summed E-state index contributed by atoms with van der Waals surface area (Å²) in [6.07, 6.45) is 0. The number of rotatable bonds is 5. The lowest BCUT2D eigenvalue weighted by Crippen LogP contribution is -2.46. The zero-order chi connectivity index (χ0) is 16.2. The lowest BCUT2D eigenvalue weighted by Gasteiger charge is -2.34. The Balaban J connectivity index is 1.64. The van der Waals surface area contributed by atoms with Crippen LogP contribution in [0.4, 0.5) is 0 Å². The van der Waals surface area contributed by atoms with Gasteiger partial charge in [0, 0.05) is 44.8 Å². The van der Waals surface area contributed by atoms with Gasteiger partial charge in [-0.2, -0.15) is 0 Å². The van der Waals surface area contributed by atoms with Crippen LogP contribution in [0.2, 0.25) is 0 Å². The van der Waals surface area contributed by atoms with Crippen LogP contribution in [-0.4, -0.2) is 69.5 Å². The Bertz CT molecular complexity index is 495. The summed E-state index contributed by atoms with van der Waals surface area (Å²) in [6, 6.07) is 6.78. The van der Waals surface area contributed by atoms with E-state index in [1.807, 2.05) is 6.07 Å². The summed E-state index contributed by atoms with van der Waals surface area (Å²) in [5.41, 5.74) is 1.25. The zero-order valence-corrected chi connectivity index (χ0v) is 14.5. The van der Waals surface area contributed by atoms with E-state index in [9.17, 15) is 0 Å². The normalized spacial score (nSPS) is 26.4. The predicted octanol–water partition coefficient (Wildman–Crippen LogP) is 1.86. The number of hydrogen-bond donors (Lipinski definition) is 0. The van der Waals surface area contributed by atoms with E-state index in [1.54, 1.807) is 14.2 Å². The van der Waals surface area contributed by atoms with Gasteiger partial charge >= 0.3 is 0 Å². The van der Waals surface area contributed by atoms with Crippen molar-refractivity contribution in [3.8, 4) is 11.5 Å². The molecule has 2 aliphatic heterocycles. The molecule has 3 rings (SSSR count). The number of hydrogen-bond acceptors (Lipinski definition) is 5. The van der Waals surface area contributed by atoms with Crippen LogP contribution in [0.1, 0.15) is 12.5 Å². The third-order valence-electron chi connectivity index (χ3n) is 4.98. The molecule has 0 radical (unpaired) electrons. The molecule has 0 aromatic heterocycles. The maximum Gasteiger partial charge on any atom is 0.122 e. The minimum absolute atomic E-state index is 0.645. The second kappa shape index (κ2) is 7.51. The Hall–Kier alpha value is -1.30. The molecule has 0 amide bonds. The minimum Gasteiger partial charge on any atom is -0.497 e. The van der Waals surface area contributed by atoms with Crippen molar-refractivity contribution in [1.29, 1.82) is 0 Å². The van der Waals surface area contributed by atoms with Crippen LogP contribution in [0, 0.1) is 5.92 Å². The topological polar surface area (TPSA) is 34.2 Å². The molecular formula is C18H28N2O3. The first-order valence-electron chi connectivity index (χ1n) is 8.45. The summed E-state index contributed by atoms with van der Waals surface area (Å²) in [5.74, 6) is 2.41. The number of benzene rings is 1. The Morgan fingerprint density at radius 1 is 1.04 bits per heavy atom. The second-order valence-corrected chi connectivity index (χ2v) is 6.61. The Labute approximate surface area is 139 Å². The van der Waals surface area contributed by atoms with Crippen molar-refractivity contribution < 1.29 is 14.2 Å². The molecule has 0 N–H and O–H groups in total. The van der Waals surface area contributed by atoms with E-state index in [0.717, 1.165) is 57.4 Å². The van der Waals surface area contributed by atoms with Gasteiger partial charge in [0.15, 0.2) is 0 Å². The fraction of sp³-hybridized carbons (Fsp3) is 0.667. The van der Waals surface area contributed by atoms with Crippen LogP contribution >= 0.6 is 0 Å². The van der Waals surface area contributed by atoms with Crippen molar-refractivity contribution in [1.82, 2.24) is 9.80 Å². The summed E-state index contributed by atoms with van der Waals surface area (Å²) < 4.78 is 16.2. The molecule has 23 heavy (non-hydrogen) atoms. The van der Waals surface area contributed by atoms with Crippen LogP contribution in [0.25, 0.3) is 0 Å². The molecule has 2 heterocycles. The van der Waals surface area contributed by atoms with E-state index >= 15 is 0 Å². The Morgan fingerprint density at radius 3 is 2.30 bits per heavy atom. The molecule has 5 nitrogen and oxygen atoms in total. The minimum atomic E-state index is 0.645. The lowest BCUT2D eigenvalue weighted by molar-refractivity contribution is 0.0118. The van der Waals surface area contributed by atoms with E-state index in [2.05, 4.69) is 28.9 Å². The Kier molecular flexibility index (Phi) is 5.41. The van der Waals surface area contributed by atoms with Crippen LogP contribution in [0.5, 0.6) is 11.5 Å². The van der Waals surface area contributed by atoms with Gasteiger partial charge in [-0.25, -0.2) is 0 Å². The van der Waals surface area contributed by atoms with Gasteiger partial charge in [-0.15, -0.1) is 0 Å². The zero-order valence-electron chi connectivity index (χ0n) is 14.5. The summed E-state index contributed by atoms with van der Waals surface area (Å²) in [5, 5.41) is 0. The highest BCUT2D eigenvalue weighted by atomic mass is 16.5. The quantitative estimate of drug-likeness (QED) is 0.827. The van der Waals surface area contributed by atoms with Gasteiger partial charge in [0.25, 0.3) is 0 Å². The SMILES string of the molecule is COc1cc(CN2C[C@@H](C)[C@@H](N3CCOCC3)C2)cc(OC)c1. The smallest absolute Gasteiger partial charge is 0.122 e. The molecule has 128 valence electrons. The van der Waals surface area contributed by atoms with E-state index in [4.69, 9.17) is 14.2 Å². The first-order chi connectivity index (χ1) is 11.2. The average Bonchev–Trinajstić information content (AvgIpc) is 2.95. The number of methoxy groups -OCH3 is 2. The summed E-state index contributed by atoms with van der Waals surface area (Å²) in [4.78, 5) is 5.14. The van der Waals surface area contributed by atoms with E-state index < -0.39 is 0 Å². The maximum atomic E-state index is 5.48. The molecule has 1 aromatic rings. The van der Waals surface area contributed by atoms with E-state index in [1.165, 1.54) is 5.56 Å². The first-order valence-corrected chi connectivity index (χ1v) is 8.45. The molecule has 0 saturated carbocycles. The Morgan fingerprint density at radius 2 is 1.70 bits per heavy atom. The lowest BCUT2D eigenvalue weighted by atomic mass is 10.0. The molecule has 0 spiro atoms. The fourth-order valence-corrected chi connectivity index (χ4v) is 3.78. The monoisotopic (exact) mass is 320 g/mol. The van der Waals surface area contributed by atoms with Gasteiger partial charge in [-0.3, -0.25) is 9.80 Å². The molecule has 0 unspecified atom stereocenters. The number of morpholine rings is 1. The molecule has 0 bridgehead atoms. The second-order valence-electron chi connectivity index (χ2n) is 6.61. The number of nitrogens with zero attached hydrogens (tertiary/aromatic N) is 2. The van der Waals surface area contributed by atoms with Crippen molar-refractivity contribution in [3.63, 3.8) is 0 Å². The van der Waals surface area contributed by atoms with Gasteiger partial charge in [0.05, 0.1) is 27.4 Å². The molecular weight excluding hydrogens is 292 g/mol. The highest BCUT2D eigenvalue weighted by Gasteiger charge is 2.34.